The molecule has 1 saturated carbocycles. The number of ether oxygens (including phenoxy) is 1. The number of carbonyl (C=O) groups excluding carboxylic acids is 1. The summed E-state index contributed by atoms with van der Waals surface area (Å²) >= 11 is 0. The van der Waals surface area contributed by atoms with Crippen molar-refractivity contribution in [2.24, 2.45) is 0 Å². The first-order valence-corrected chi connectivity index (χ1v) is 12.6. The van der Waals surface area contributed by atoms with Gasteiger partial charge in [0.2, 0.25) is 5.71 Å². The average molecular weight is 501 g/mol. The van der Waals surface area contributed by atoms with Crippen LogP contribution in [0.1, 0.15) is 45.6 Å². The number of nitrogens with one attached hydrogen (secondary N) is 2. The van der Waals surface area contributed by atoms with E-state index < -0.39 is 17.2 Å². The molecule has 37 heavy (non-hydrogen) atoms. The maximum atomic E-state index is 12.5. The van der Waals surface area contributed by atoms with E-state index >= 15 is 0 Å². The largest absolute Gasteiger partial charge is 0.444 e. The Kier molecular flexibility index (Phi) is 6.60. The van der Waals surface area contributed by atoms with Gasteiger partial charge in [-0.1, -0.05) is 54.6 Å². The number of aromatic nitrogens is 2. The molecule has 3 N–H and O–H groups in total. The van der Waals surface area contributed by atoms with Gasteiger partial charge < -0.3 is 24.9 Å². The predicted octanol–water partition coefficient (Wildman–Crippen LogP) is 5.86. The van der Waals surface area contributed by atoms with Crippen LogP contribution >= 0.6 is 0 Å². The lowest BCUT2D eigenvalue weighted by Crippen LogP contribution is -2.52. The minimum absolute atomic E-state index is 0.00147. The number of alkyl carbamates (subject to hydrolysis) is 1. The van der Waals surface area contributed by atoms with E-state index in [0.717, 1.165) is 41.5 Å². The number of fused-ring (bicyclic) bond motifs is 1. The molecular formula is C29H32N4O4. The number of carbonyl (C=O) groups is 1. The summed E-state index contributed by atoms with van der Waals surface area (Å²) in [6.07, 6.45) is 3.98. The van der Waals surface area contributed by atoms with Crippen molar-refractivity contribution in [1.29, 1.82) is 0 Å². The second-order valence-electron chi connectivity index (χ2n) is 10.4. The van der Waals surface area contributed by atoms with Crippen LogP contribution in [-0.4, -0.2) is 39.9 Å². The molecule has 0 unspecified atom stereocenters. The third-order valence-corrected chi connectivity index (χ3v) is 6.53. The number of rotatable bonds is 7. The third kappa shape index (κ3) is 5.15. The standard InChI is InChI=1S/C29H32N4O4/c1-28(2,3)37-27(35)33-29(14-7-15-29)21-12-10-20(11-13-21)25-23(19-8-5-4-6-9-19)24-26(36-25)31-18-22(32-24)30-16-17-34/h4-6,8-13,18,34H,7,14-17H2,1-3H3,(H,30,32)(H,33,35). The van der Waals surface area contributed by atoms with E-state index in [1.54, 1.807) is 6.20 Å². The summed E-state index contributed by atoms with van der Waals surface area (Å²) in [7, 11) is 0. The number of nitrogens with zero attached hydrogens (tertiary/aromatic N) is 2. The van der Waals surface area contributed by atoms with Crippen molar-refractivity contribution in [3.8, 4) is 22.5 Å². The number of aliphatic hydroxyl groups excluding tert-OH is 1. The molecule has 1 aliphatic carbocycles. The number of benzene rings is 2. The molecule has 2 heterocycles. The minimum atomic E-state index is -0.552. The van der Waals surface area contributed by atoms with Gasteiger partial charge in [0.15, 0.2) is 0 Å². The van der Waals surface area contributed by atoms with Gasteiger partial charge in [0.05, 0.1) is 23.9 Å². The van der Waals surface area contributed by atoms with Crippen LogP contribution in [0.2, 0.25) is 0 Å². The highest BCUT2D eigenvalue weighted by Gasteiger charge is 2.41. The van der Waals surface area contributed by atoms with Crippen LogP contribution < -0.4 is 10.6 Å². The number of aliphatic hydroxyl groups is 1. The van der Waals surface area contributed by atoms with Crippen LogP contribution in [0.3, 0.4) is 0 Å². The Morgan fingerprint density at radius 3 is 2.43 bits per heavy atom. The minimum Gasteiger partial charge on any atom is -0.444 e. The fraction of sp³-hybridized carbons (Fsp3) is 0.345. The molecule has 2 aromatic carbocycles. The molecule has 5 rings (SSSR count). The quantitative estimate of drug-likeness (QED) is 0.291. The average Bonchev–Trinajstić information content (AvgIpc) is 3.23. The van der Waals surface area contributed by atoms with Gasteiger partial charge in [-0.25, -0.2) is 14.8 Å². The lowest BCUT2D eigenvalue weighted by Gasteiger charge is -2.43. The number of furan rings is 1. The summed E-state index contributed by atoms with van der Waals surface area (Å²) in [6, 6.07) is 18.1. The number of hydrogen-bond acceptors (Lipinski definition) is 7. The van der Waals surface area contributed by atoms with Gasteiger partial charge >= 0.3 is 6.09 Å². The van der Waals surface area contributed by atoms with Crippen molar-refractivity contribution >= 4 is 23.1 Å². The molecule has 1 fully saturated rings. The molecular weight excluding hydrogens is 468 g/mol. The Bertz CT molecular complexity index is 1390. The lowest BCUT2D eigenvalue weighted by atomic mass is 9.71. The van der Waals surface area contributed by atoms with Gasteiger partial charge in [0.25, 0.3) is 0 Å². The summed E-state index contributed by atoms with van der Waals surface area (Å²) < 4.78 is 11.8. The van der Waals surface area contributed by atoms with Crippen LogP contribution in [0.25, 0.3) is 33.7 Å². The van der Waals surface area contributed by atoms with E-state index in [2.05, 4.69) is 15.6 Å². The maximum Gasteiger partial charge on any atom is 0.408 e. The topological polar surface area (TPSA) is 110 Å². The van der Waals surface area contributed by atoms with E-state index in [1.807, 2.05) is 75.4 Å². The summed E-state index contributed by atoms with van der Waals surface area (Å²) in [5.41, 5.74) is 3.86. The molecule has 2 aromatic heterocycles. The van der Waals surface area contributed by atoms with Gasteiger partial charge in [0.1, 0.15) is 22.7 Å². The Morgan fingerprint density at radius 1 is 1.08 bits per heavy atom. The maximum absolute atomic E-state index is 12.5. The molecule has 0 saturated heterocycles. The van der Waals surface area contributed by atoms with Gasteiger partial charge in [-0.05, 0) is 51.2 Å². The van der Waals surface area contributed by atoms with Crippen molar-refractivity contribution in [3.63, 3.8) is 0 Å². The van der Waals surface area contributed by atoms with Gasteiger partial charge in [-0.3, -0.25) is 0 Å². The monoisotopic (exact) mass is 500 g/mol. The Labute approximate surface area is 216 Å². The highest BCUT2D eigenvalue weighted by molar-refractivity contribution is 5.98. The van der Waals surface area contributed by atoms with Gasteiger partial charge in [0, 0.05) is 12.1 Å². The highest BCUT2D eigenvalue weighted by Crippen LogP contribution is 2.44. The fourth-order valence-electron chi connectivity index (χ4n) is 4.67. The molecule has 1 amide bonds. The van der Waals surface area contributed by atoms with Gasteiger partial charge in [-0.15, -0.1) is 0 Å². The lowest BCUT2D eigenvalue weighted by molar-refractivity contribution is 0.0377. The first kappa shape index (κ1) is 24.8. The Balaban J connectivity index is 1.51. The number of amides is 1. The SMILES string of the molecule is CC(C)(C)OC(=O)NC1(c2ccc(-c3oc4ncc(NCCO)nc4c3-c3ccccc3)cc2)CCC1. The molecule has 0 atom stereocenters. The molecule has 4 aromatic rings. The van der Waals surface area contributed by atoms with Crippen molar-refractivity contribution in [2.45, 2.75) is 51.2 Å². The summed E-state index contributed by atoms with van der Waals surface area (Å²) in [6.45, 7) is 5.97. The first-order valence-electron chi connectivity index (χ1n) is 12.6. The molecule has 8 heteroatoms. The zero-order valence-corrected chi connectivity index (χ0v) is 21.4. The molecule has 192 valence electrons. The van der Waals surface area contributed by atoms with Crippen LogP contribution in [0.5, 0.6) is 0 Å². The van der Waals surface area contributed by atoms with E-state index in [4.69, 9.17) is 19.2 Å². The van der Waals surface area contributed by atoms with Crippen molar-refractivity contribution in [3.05, 3.63) is 66.4 Å². The molecule has 0 radical (unpaired) electrons. The van der Waals surface area contributed by atoms with E-state index in [1.165, 1.54) is 0 Å². The predicted molar refractivity (Wildman–Crippen MR) is 143 cm³/mol. The summed E-state index contributed by atoms with van der Waals surface area (Å²) in [5.74, 6) is 1.25. The molecule has 8 nitrogen and oxygen atoms in total. The van der Waals surface area contributed by atoms with Gasteiger partial charge in [-0.2, -0.15) is 0 Å². The van der Waals surface area contributed by atoms with Crippen molar-refractivity contribution in [2.75, 3.05) is 18.5 Å². The van der Waals surface area contributed by atoms with E-state index in [9.17, 15) is 4.79 Å². The second kappa shape index (κ2) is 9.86. The van der Waals surface area contributed by atoms with E-state index in [0.29, 0.717) is 29.4 Å². The van der Waals surface area contributed by atoms with Crippen LogP contribution in [-0.2, 0) is 10.3 Å². The van der Waals surface area contributed by atoms with Crippen LogP contribution in [0, 0.1) is 0 Å². The second-order valence-corrected chi connectivity index (χ2v) is 10.4. The highest BCUT2D eigenvalue weighted by atomic mass is 16.6. The number of anilines is 1. The van der Waals surface area contributed by atoms with Crippen LogP contribution in [0.15, 0.2) is 65.2 Å². The Hall–Kier alpha value is -3.91. The smallest absolute Gasteiger partial charge is 0.408 e. The van der Waals surface area contributed by atoms with Crippen molar-refractivity contribution in [1.82, 2.24) is 15.3 Å². The normalized spacial score (nSPS) is 14.7. The third-order valence-electron chi connectivity index (χ3n) is 6.53. The molecule has 1 aliphatic rings. The zero-order valence-electron chi connectivity index (χ0n) is 21.4. The number of hydrogen-bond donors (Lipinski definition) is 3. The summed E-state index contributed by atoms with van der Waals surface area (Å²) in [4.78, 5) is 21.8. The fourth-order valence-corrected chi connectivity index (χ4v) is 4.67. The van der Waals surface area contributed by atoms with Crippen LogP contribution in [0.4, 0.5) is 10.6 Å². The van der Waals surface area contributed by atoms with Crippen molar-refractivity contribution < 1.29 is 19.1 Å². The zero-order chi connectivity index (χ0) is 26.0. The molecule has 0 bridgehead atoms. The van der Waals surface area contributed by atoms with E-state index in [-0.39, 0.29) is 6.61 Å². The first-order chi connectivity index (χ1) is 17.8. The molecule has 0 aliphatic heterocycles. The Morgan fingerprint density at radius 2 is 1.81 bits per heavy atom. The summed E-state index contributed by atoms with van der Waals surface area (Å²) in [5, 5.41) is 15.4. The molecule has 0 spiro atoms.